The summed E-state index contributed by atoms with van der Waals surface area (Å²) in [7, 11) is 0. The number of fused-ring (bicyclic) bond motifs is 1. The largest absolute Gasteiger partial charge is 0.349 e. The SMILES string of the molecule is CCn1c(=O)ccc2c1ccn2-c1c(Cl)cc(-n2nc(C#N)c(=O)[nH]c2=O)cc1Cl. The topological polar surface area (TPSA) is 118 Å². The summed E-state index contributed by atoms with van der Waals surface area (Å²) in [6.07, 6.45) is 1.74. The van der Waals surface area contributed by atoms with E-state index in [1.165, 1.54) is 18.2 Å². The van der Waals surface area contributed by atoms with Gasteiger partial charge in [-0.25, -0.2) is 4.79 Å². The van der Waals surface area contributed by atoms with Gasteiger partial charge in [0, 0.05) is 18.8 Å². The molecular formula is C19H12Cl2N6O3. The summed E-state index contributed by atoms with van der Waals surface area (Å²) >= 11 is 13.0. The standard InChI is InChI=1S/C19H12Cl2N6O3/c1-2-25-15-5-6-26(14(15)3-4-16(25)28)17-11(20)7-10(8-12(17)21)27-19(30)23-18(29)13(9-22)24-27/h3-8H,2H2,1H3,(H,23,29,30). The minimum absolute atomic E-state index is 0.118. The fraction of sp³-hybridized carbons (Fsp3) is 0.105. The van der Waals surface area contributed by atoms with Crippen LogP contribution in [-0.4, -0.2) is 23.9 Å². The molecule has 0 aliphatic rings. The lowest BCUT2D eigenvalue weighted by Gasteiger charge is -2.13. The number of rotatable bonds is 3. The predicted molar refractivity (Wildman–Crippen MR) is 112 cm³/mol. The minimum atomic E-state index is -0.881. The van der Waals surface area contributed by atoms with Gasteiger partial charge in [0.25, 0.3) is 11.1 Å². The van der Waals surface area contributed by atoms with E-state index in [9.17, 15) is 14.4 Å². The molecule has 0 aliphatic carbocycles. The Kier molecular flexibility index (Phi) is 4.81. The zero-order valence-corrected chi connectivity index (χ0v) is 16.9. The van der Waals surface area contributed by atoms with E-state index in [-0.39, 0.29) is 21.3 Å². The van der Waals surface area contributed by atoms with E-state index in [1.807, 2.05) is 11.9 Å². The molecule has 0 aliphatic heterocycles. The quantitative estimate of drug-likeness (QED) is 0.521. The molecule has 0 bridgehead atoms. The van der Waals surface area contributed by atoms with Crippen LogP contribution < -0.4 is 16.8 Å². The van der Waals surface area contributed by atoms with E-state index in [4.69, 9.17) is 28.5 Å². The Balaban J connectivity index is 1.94. The Labute approximate surface area is 177 Å². The molecule has 0 saturated heterocycles. The molecule has 0 fully saturated rings. The number of H-pyrrole nitrogens is 1. The number of hydrogen-bond donors (Lipinski definition) is 1. The molecule has 0 amide bonds. The van der Waals surface area contributed by atoms with Crippen LogP contribution in [0.25, 0.3) is 22.4 Å². The van der Waals surface area contributed by atoms with Crippen molar-refractivity contribution in [1.29, 1.82) is 5.26 Å². The number of aryl methyl sites for hydroxylation is 1. The Morgan fingerprint density at radius 1 is 1.10 bits per heavy atom. The highest BCUT2D eigenvalue weighted by Gasteiger charge is 2.17. The third-order valence-electron chi connectivity index (χ3n) is 4.58. The first-order chi connectivity index (χ1) is 14.3. The summed E-state index contributed by atoms with van der Waals surface area (Å²) in [4.78, 5) is 37.8. The Morgan fingerprint density at radius 3 is 2.43 bits per heavy atom. The van der Waals surface area contributed by atoms with Crippen molar-refractivity contribution < 1.29 is 0 Å². The van der Waals surface area contributed by atoms with Gasteiger partial charge in [-0.05, 0) is 31.2 Å². The van der Waals surface area contributed by atoms with Gasteiger partial charge in [-0.1, -0.05) is 23.2 Å². The number of aromatic amines is 1. The van der Waals surface area contributed by atoms with Crippen LogP contribution in [0.3, 0.4) is 0 Å². The van der Waals surface area contributed by atoms with Gasteiger partial charge in [0.1, 0.15) is 6.07 Å². The molecule has 0 spiro atoms. The van der Waals surface area contributed by atoms with Crippen LogP contribution in [0, 0.1) is 11.3 Å². The number of pyridine rings is 1. The molecule has 4 rings (SSSR count). The van der Waals surface area contributed by atoms with Gasteiger partial charge >= 0.3 is 5.69 Å². The van der Waals surface area contributed by atoms with E-state index in [0.717, 1.165) is 15.7 Å². The summed E-state index contributed by atoms with van der Waals surface area (Å²) in [5, 5.41) is 13.1. The number of nitrogens with one attached hydrogen (secondary N) is 1. The van der Waals surface area contributed by atoms with Gasteiger partial charge in [-0.3, -0.25) is 14.6 Å². The zero-order chi connectivity index (χ0) is 21.6. The van der Waals surface area contributed by atoms with Gasteiger partial charge in [-0.2, -0.15) is 9.94 Å². The highest BCUT2D eigenvalue weighted by molar-refractivity contribution is 6.38. The lowest BCUT2D eigenvalue weighted by Crippen LogP contribution is -2.33. The van der Waals surface area contributed by atoms with Gasteiger partial charge in [0.15, 0.2) is 0 Å². The fourth-order valence-corrected chi connectivity index (χ4v) is 3.92. The molecule has 3 aromatic heterocycles. The first-order valence-electron chi connectivity index (χ1n) is 8.70. The van der Waals surface area contributed by atoms with E-state index in [0.29, 0.717) is 12.2 Å². The number of nitrogens with zero attached hydrogens (tertiary/aromatic N) is 5. The van der Waals surface area contributed by atoms with E-state index < -0.39 is 16.9 Å². The number of benzene rings is 1. The molecule has 1 N–H and O–H groups in total. The molecule has 0 unspecified atom stereocenters. The van der Waals surface area contributed by atoms with Gasteiger partial charge < -0.3 is 9.13 Å². The summed E-state index contributed by atoms with van der Waals surface area (Å²) in [5.74, 6) is 0. The number of aromatic nitrogens is 5. The highest BCUT2D eigenvalue weighted by Crippen LogP contribution is 2.33. The second-order valence-electron chi connectivity index (χ2n) is 6.26. The number of hydrogen-bond acceptors (Lipinski definition) is 5. The average molecular weight is 443 g/mol. The number of halogens is 2. The molecule has 9 nitrogen and oxygen atoms in total. The van der Waals surface area contributed by atoms with Gasteiger partial charge in [0.2, 0.25) is 5.69 Å². The zero-order valence-electron chi connectivity index (χ0n) is 15.4. The van der Waals surface area contributed by atoms with Crippen LogP contribution >= 0.6 is 23.2 Å². The fourth-order valence-electron chi connectivity index (χ4n) is 3.26. The molecule has 0 atom stereocenters. The number of nitriles is 1. The van der Waals surface area contributed by atoms with Crippen molar-refractivity contribution >= 4 is 34.2 Å². The van der Waals surface area contributed by atoms with Crippen LogP contribution in [0.1, 0.15) is 12.6 Å². The highest BCUT2D eigenvalue weighted by atomic mass is 35.5. The average Bonchev–Trinajstić information content (AvgIpc) is 3.11. The lowest BCUT2D eigenvalue weighted by atomic mass is 10.2. The Morgan fingerprint density at radius 2 is 1.80 bits per heavy atom. The lowest BCUT2D eigenvalue weighted by molar-refractivity contribution is 0.740. The molecule has 1 aromatic carbocycles. The summed E-state index contributed by atoms with van der Waals surface area (Å²) < 4.78 is 4.19. The summed E-state index contributed by atoms with van der Waals surface area (Å²) in [6, 6.07) is 9.43. The van der Waals surface area contributed by atoms with E-state index in [2.05, 4.69) is 5.10 Å². The molecule has 30 heavy (non-hydrogen) atoms. The molecule has 0 saturated carbocycles. The van der Waals surface area contributed by atoms with Gasteiger partial charge in [0.05, 0.1) is 32.5 Å². The first kappa shape index (κ1) is 19.7. The van der Waals surface area contributed by atoms with Crippen molar-refractivity contribution in [3.63, 3.8) is 0 Å². The molecule has 4 aromatic rings. The van der Waals surface area contributed by atoms with Crippen LogP contribution in [0.5, 0.6) is 0 Å². The Bertz CT molecular complexity index is 1510. The molecule has 11 heteroatoms. The smallest absolute Gasteiger partial charge is 0.312 e. The molecule has 3 heterocycles. The van der Waals surface area contributed by atoms with Crippen LogP contribution in [-0.2, 0) is 6.54 Å². The molecular weight excluding hydrogens is 431 g/mol. The van der Waals surface area contributed by atoms with E-state index >= 15 is 0 Å². The van der Waals surface area contributed by atoms with Crippen molar-refractivity contribution in [2.24, 2.45) is 0 Å². The maximum absolute atomic E-state index is 12.1. The molecule has 0 radical (unpaired) electrons. The van der Waals surface area contributed by atoms with Crippen molar-refractivity contribution in [3.8, 4) is 17.4 Å². The van der Waals surface area contributed by atoms with E-state index in [1.54, 1.807) is 33.5 Å². The van der Waals surface area contributed by atoms with Crippen LogP contribution in [0.15, 0.2) is 50.9 Å². The second-order valence-corrected chi connectivity index (χ2v) is 7.08. The summed E-state index contributed by atoms with van der Waals surface area (Å²) in [5.41, 5.74) is -0.250. The van der Waals surface area contributed by atoms with Crippen LogP contribution in [0.4, 0.5) is 0 Å². The third-order valence-corrected chi connectivity index (χ3v) is 5.16. The Hall–Kier alpha value is -3.61. The first-order valence-corrected chi connectivity index (χ1v) is 9.45. The molecule has 150 valence electrons. The monoisotopic (exact) mass is 442 g/mol. The maximum Gasteiger partial charge on any atom is 0.349 e. The third kappa shape index (κ3) is 3.03. The normalized spacial score (nSPS) is 11.0. The minimum Gasteiger partial charge on any atom is -0.312 e. The van der Waals surface area contributed by atoms with Crippen molar-refractivity contribution in [3.05, 3.63) is 83.5 Å². The van der Waals surface area contributed by atoms with Crippen molar-refractivity contribution in [1.82, 2.24) is 23.9 Å². The maximum atomic E-state index is 12.1. The van der Waals surface area contributed by atoms with Gasteiger partial charge in [-0.15, -0.1) is 5.10 Å². The predicted octanol–water partition coefficient (Wildman–Crippen LogP) is 2.22. The van der Waals surface area contributed by atoms with Crippen LogP contribution in [0.2, 0.25) is 10.0 Å². The second kappa shape index (κ2) is 7.33. The van der Waals surface area contributed by atoms with Crippen molar-refractivity contribution in [2.45, 2.75) is 13.5 Å². The summed E-state index contributed by atoms with van der Waals surface area (Å²) in [6.45, 7) is 2.37. The van der Waals surface area contributed by atoms with Crippen molar-refractivity contribution in [2.75, 3.05) is 0 Å².